The highest BCUT2D eigenvalue weighted by atomic mass is 16.5. The van der Waals surface area contributed by atoms with Crippen molar-refractivity contribution in [1.82, 2.24) is 15.5 Å². The van der Waals surface area contributed by atoms with Crippen LogP contribution in [0.25, 0.3) is 10.8 Å². The first-order valence-electron chi connectivity index (χ1n) is 8.35. The molecule has 4 amide bonds. The van der Waals surface area contributed by atoms with Crippen molar-refractivity contribution in [2.24, 2.45) is 0 Å². The average molecular weight is 355 g/mol. The van der Waals surface area contributed by atoms with E-state index in [1.807, 2.05) is 42.5 Å². The lowest BCUT2D eigenvalue weighted by atomic mass is 9.88. The minimum atomic E-state index is -1.22. The van der Waals surface area contributed by atoms with E-state index in [1.165, 1.54) is 7.11 Å². The number of benzene rings is 2. The molecule has 1 heterocycles. The summed E-state index contributed by atoms with van der Waals surface area (Å²) in [6, 6.07) is 12.7. The van der Waals surface area contributed by atoms with Crippen molar-refractivity contribution in [2.75, 3.05) is 26.8 Å². The van der Waals surface area contributed by atoms with Gasteiger partial charge in [0.1, 0.15) is 12.1 Å². The summed E-state index contributed by atoms with van der Waals surface area (Å²) in [4.78, 5) is 38.3. The van der Waals surface area contributed by atoms with Crippen molar-refractivity contribution < 1.29 is 19.1 Å². The number of methoxy groups -OCH3 is 1. The SMILES string of the molecule is COCCNC(=O)CN1C(=O)NC(C)(c2cccc3ccccc23)C1=O. The van der Waals surface area contributed by atoms with E-state index in [0.29, 0.717) is 18.7 Å². The van der Waals surface area contributed by atoms with E-state index in [4.69, 9.17) is 4.74 Å². The van der Waals surface area contributed by atoms with Crippen molar-refractivity contribution >= 4 is 28.6 Å². The van der Waals surface area contributed by atoms with Gasteiger partial charge in [0.25, 0.3) is 5.91 Å². The second-order valence-corrected chi connectivity index (χ2v) is 6.32. The number of carbonyl (C=O) groups excluding carboxylic acids is 3. The summed E-state index contributed by atoms with van der Waals surface area (Å²) in [6.07, 6.45) is 0. The molecule has 1 aliphatic rings. The van der Waals surface area contributed by atoms with Crippen LogP contribution in [0.1, 0.15) is 12.5 Å². The van der Waals surface area contributed by atoms with Crippen LogP contribution in [0.5, 0.6) is 0 Å². The maximum atomic E-state index is 13.0. The van der Waals surface area contributed by atoms with Crippen LogP contribution in [0.3, 0.4) is 0 Å². The quantitative estimate of drug-likeness (QED) is 0.605. The van der Waals surface area contributed by atoms with Crippen molar-refractivity contribution in [3.05, 3.63) is 48.0 Å². The zero-order valence-corrected chi connectivity index (χ0v) is 14.7. The van der Waals surface area contributed by atoms with E-state index in [-0.39, 0.29) is 6.54 Å². The summed E-state index contributed by atoms with van der Waals surface area (Å²) in [5.41, 5.74) is -0.513. The molecule has 0 saturated carbocycles. The number of rotatable bonds is 6. The van der Waals surface area contributed by atoms with Crippen molar-refractivity contribution in [2.45, 2.75) is 12.5 Å². The standard InChI is InChI=1S/C19H21N3O4/c1-19(15-9-5-7-13-6-3-4-8-14(13)15)17(24)22(18(25)21-19)12-16(23)20-10-11-26-2/h3-9H,10-12H2,1-2H3,(H,20,23)(H,21,25). The van der Waals surface area contributed by atoms with Gasteiger partial charge in [0.2, 0.25) is 5.91 Å². The second-order valence-electron chi connectivity index (χ2n) is 6.32. The van der Waals surface area contributed by atoms with E-state index in [9.17, 15) is 14.4 Å². The van der Waals surface area contributed by atoms with Crippen LogP contribution in [-0.4, -0.2) is 49.6 Å². The lowest BCUT2D eigenvalue weighted by Gasteiger charge is -2.24. The number of nitrogens with one attached hydrogen (secondary N) is 2. The first-order chi connectivity index (χ1) is 12.5. The van der Waals surface area contributed by atoms with Gasteiger partial charge in [0.15, 0.2) is 0 Å². The van der Waals surface area contributed by atoms with E-state index < -0.39 is 23.4 Å². The molecule has 0 aliphatic carbocycles. The van der Waals surface area contributed by atoms with Gasteiger partial charge >= 0.3 is 6.03 Å². The lowest BCUT2D eigenvalue weighted by Crippen LogP contribution is -2.43. The van der Waals surface area contributed by atoms with Crippen LogP contribution in [-0.2, 0) is 19.9 Å². The normalized spacial score (nSPS) is 19.7. The highest BCUT2D eigenvalue weighted by Crippen LogP contribution is 2.33. The molecule has 7 nitrogen and oxygen atoms in total. The number of imide groups is 1. The van der Waals surface area contributed by atoms with Crippen LogP contribution in [0.2, 0.25) is 0 Å². The van der Waals surface area contributed by atoms with Crippen LogP contribution in [0.15, 0.2) is 42.5 Å². The fourth-order valence-electron chi connectivity index (χ4n) is 3.18. The molecule has 0 bridgehead atoms. The Morgan fingerprint density at radius 3 is 2.69 bits per heavy atom. The number of fused-ring (bicyclic) bond motifs is 1. The zero-order valence-electron chi connectivity index (χ0n) is 14.7. The Bertz CT molecular complexity index is 861. The van der Waals surface area contributed by atoms with E-state index in [1.54, 1.807) is 6.92 Å². The van der Waals surface area contributed by atoms with Crippen LogP contribution in [0.4, 0.5) is 4.79 Å². The number of nitrogens with zero attached hydrogens (tertiary/aromatic N) is 1. The Kier molecular flexibility index (Phi) is 4.90. The van der Waals surface area contributed by atoms with Crippen LogP contribution >= 0.6 is 0 Å². The average Bonchev–Trinajstić information content (AvgIpc) is 2.85. The molecule has 1 atom stereocenters. The van der Waals surface area contributed by atoms with Gasteiger partial charge in [-0.15, -0.1) is 0 Å². The fourth-order valence-corrected chi connectivity index (χ4v) is 3.18. The largest absolute Gasteiger partial charge is 0.383 e. The number of hydrogen-bond donors (Lipinski definition) is 2. The van der Waals surface area contributed by atoms with E-state index in [2.05, 4.69) is 10.6 Å². The van der Waals surface area contributed by atoms with E-state index in [0.717, 1.165) is 15.7 Å². The smallest absolute Gasteiger partial charge is 0.325 e. The number of urea groups is 1. The van der Waals surface area contributed by atoms with Crippen LogP contribution in [0, 0.1) is 0 Å². The third kappa shape index (κ3) is 3.13. The summed E-state index contributed by atoms with van der Waals surface area (Å²) >= 11 is 0. The molecule has 3 rings (SSSR count). The fraction of sp³-hybridized carbons (Fsp3) is 0.316. The molecule has 1 aliphatic heterocycles. The molecular weight excluding hydrogens is 334 g/mol. The number of hydrogen-bond acceptors (Lipinski definition) is 4. The van der Waals surface area contributed by atoms with Crippen LogP contribution < -0.4 is 10.6 Å². The molecule has 1 fully saturated rings. The Morgan fingerprint density at radius 1 is 1.19 bits per heavy atom. The maximum absolute atomic E-state index is 13.0. The predicted molar refractivity (Wildman–Crippen MR) is 96.4 cm³/mol. The minimum absolute atomic E-state index is 0.319. The molecule has 2 aromatic carbocycles. The summed E-state index contributed by atoms with van der Waals surface area (Å²) in [6.45, 7) is 2.02. The van der Waals surface area contributed by atoms with Gasteiger partial charge in [0, 0.05) is 13.7 Å². The summed E-state index contributed by atoms with van der Waals surface area (Å²) in [5.74, 6) is -0.853. The third-order valence-electron chi connectivity index (χ3n) is 4.53. The highest BCUT2D eigenvalue weighted by Gasteiger charge is 2.50. The van der Waals surface area contributed by atoms with Crippen molar-refractivity contribution in [3.63, 3.8) is 0 Å². The summed E-state index contributed by atoms with van der Waals surface area (Å²) in [7, 11) is 1.53. The van der Waals surface area contributed by atoms with Gasteiger partial charge in [-0.1, -0.05) is 42.5 Å². The third-order valence-corrected chi connectivity index (χ3v) is 4.53. The van der Waals surface area contributed by atoms with Gasteiger partial charge < -0.3 is 15.4 Å². The summed E-state index contributed by atoms with van der Waals surface area (Å²) in [5, 5.41) is 7.22. The molecule has 0 radical (unpaired) electrons. The Balaban J connectivity index is 1.86. The highest BCUT2D eigenvalue weighted by molar-refractivity contribution is 6.10. The second kappa shape index (κ2) is 7.13. The van der Waals surface area contributed by atoms with Gasteiger partial charge in [-0.2, -0.15) is 0 Å². The first-order valence-corrected chi connectivity index (χ1v) is 8.35. The molecule has 1 saturated heterocycles. The molecular formula is C19H21N3O4. The van der Waals surface area contributed by atoms with Gasteiger partial charge in [0.05, 0.1) is 6.61 Å². The summed E-state index contributed by atoms with van der Waals surface area (Å²) < 4.78 is 4.86. The monoisotopic (exact) mass is 355 g/mol. The molecule has 1 unspecified atom stereocenters. The Hall–Kier alpha value is -2.93. The number of ether oxygens (including phenoxy) is 1. The Labute approximate surface area is 151 Å². The number of amides is 4. The predicted octanol–water partition coefficient (Wildman–Crippen LogP) is 1.37. The van der Waals surface area contributed by atoms with Gasteiger partial charge in [-0.05, 0) is 23.3 Å². The van der Waals surface area contributed by atoms with Gasteiger partial charge in [-0.3, -0.25) is 14.5 Å². The van der Waals surface area contributed by atoms with E-state index >= 15 is 0 Å². The minimum Gasteiger partial charge on any atom is -0.383 e. The van der Waals surface area contributed by atoms with Gasteiger partial charge in [-0.25, -0.2) is 4.79 Å². The topological polar surface area (TPSA) is 87.7 Å². The maximum Gasteiger partial charge on any atom is 0.325 e. The lowest BCUT2D eigenvalue weighted by molar-refractivity contribution is -0.134. The molecule has 2 aromatic rings. The molecule has 7 heteroatoms. The first kappa shape index (κ1) is 17.9. The molecule has 136 valence electrons. The zero-order chi connectivity index (χ0) is 18.7. The number of carbonyl (C=O) groups is 3. The molecule has 0 aromatic heterocycles. The molecule has 26 heavy (non-hydrogen) atoms. The van der Waals surface area contributed by atoms with Crippen molar-refractivity contribution in [3.8, 4) is 0 Å². The van der Waals surface area contributed by atoms with Crippen molar-refractivity contribution in [1.29, 1.82) is 0 Å². The Morgan fingerprint density at radius 2 is 1.92 bits per heavy atom. The molecule has 2 N–H and O–H groups in total. The molecule has 0 spiro atoms.